The molecular weight excluding hydrogens is 258 g/mol. The van der Waals surface area contributed by atoms with Crippen LogP contribution in [0.3, 0.4) is 0 Å². The van der Waals surface area contributed by atoms with E-state index in [1.807, 2.05) is 13.8 Å². The van der Waals surface area contributed by atoms with Gasteiger partial charge in [-0.05, 0) is 37.6 Å². The third-order valence-electron chi connectivity index (χ3n) is 2.84. The maximum Gasteiger partial charge on any atom is 0.273 e. The molecule has 1 aromatic carbocycles. The van der Waals surface area contributed by atoms with Crippen molar-refractivity contribution in [3.8, 4) is 11.5 Å². The van der Waals surface area contributed by atoms with Crippen molar-refractivity contribution in [2.75, 3.05) is 0 Å². The van der Waals surface area contributed by atoms with Gasteiger partial charge < -0.3 is 10.5 Å². The van der Waals surface area contributed by atoms with Crippen LogP contribution >= 0.6 is 0 Å². The topological polar surface area (TPSA) is 91.3 Å². The van der Waals surface area contributed by atoms with Crippen LogP contribution in [0, 0.1) is 17.0 Å². The van der Waals surface area contributed by atoms with Gasteiger partial charge in [0.05, 0.1) is 22.9 Å². The number of hydrogen-bond donors (Lipinski definition) is 1. The summed E-state index contributed by atoms with van der Waals surface area (Å²) in [6.45, 7) is 3.66. The van der Waals surface area contributed by atoms with Crippen molar-refractivity contribution in [2.45, 2.75) is 19.9 Å². The molecule has 0 saturated carbocycles. The number of aryl methyl sites for hydroxylation is 1. The van der Waals surface area contributed by atoms with E-state index >= 15 is 0 Å². The summed E-state index contributed by atoms with van der Waals surface area (Å²) >= 11 is 0. The van der Waals surface area contributed by atoms with Crippen LogP contribution in [0.15, 0.2) is 36.5 Å². The lowest BCUT2D eigenvalue weighted by Gasteiger charge is -2.09. The maximum absolute atomic E-state index is 10.8. The predicted octanol–water partition coefficient (Wildman–Crippen LogP) is 3.11. The molecule has 1 atom stereocenters. The zero-order valence-corrected chi connectivity index (χ0v) is 11.2. The second kappa shape index (κ2) is 5.66. The van der Waals surface area contributed by atoms with Crippen LogP contribution in [0.25, 0.3) is 0 Å². The fraction of sp³-hybridized carbons (Fsp3) is 0.214. The molecule has 0 radical (unpaired) electrons. The van der Waals surface area contributed by atoms with Crippen LogP contribution in [0.5, 0.6) is 11.5 Å². The molecule has 2 N–H and O–H groups in total. The third kappa shape index (κ3) is 3.10. The highest BCUT2D eigenvalue weighted by atomic mass is 16.6. The second-order valence-corrected chi connectivity index (χ2v) is 4.52. The van der Waals surface area contributed by atoms with Crippen molar-refractivity contribution in [2.24, 2.45) is 5.73 Å². The number of nitro benzene ring substituents is 1. The Hall–Kier alpha value is -2.47. The standard InChI is InChI=1S/C14H15N3O3/c1-9-3-4-11(17(18)19)7-14(9)20-12-5-6-13(10(2)15)16-8-12/h3-8,10H,15H2,1-2H3. The highest BCUT2D eigenvalue weighted by molar-refractivity contribution is 5.45. The Morgan fingerprint density at radius 3 is 2.65 bits per heavy atom. The van der Waals surface area contributed by atoms with Crippen LogP contribution in [0.2, 0.25) is 0 Å². The van der Waals surface area contributed by atoms with Crippen LogP contribution in [-0.2, 0) is 0 Å². The number of benzene rings is 1. The molecule has 1 aromatic heterocycles. The molecule has 20 heavy (non-hydrogen) atoms. The van der Waals surface area contributed by atoms with E-state index < -0.39 is 4.92 Å². The first-order valence-corrected chi connectivity index (χ1v) is 6.12. The van der Waals surface area contributed by atoms with E-state index in [-0.39, 0.29) is 11.7 Å². The minimum absolute atomic E-state index is 0.00856. The number of rotatable bonds is 4. The van der Waals surface area contributed by atoms with Gasteiger partial charge in [-0.1, -0.05) is 0 Å². The zero-order chi connectivity index (χ0) is 14.7. The molecule has 0 aliphatic heterocycles. The molecule has 6 nitrogen and oxygen atoms in total. The monoisotopic (exact) mass is 273 g/mol. The summed E-state index contributed by atoms with van der Waals surface area (Å²) in [4.78, 5) is 14.5. The van der Waals surface area contributed by atoms with Crippen molar-refractivity contribution >= 4 is 5.69 Å². The van der Waals surface area contributed by atoms with Crippen molar-refractivity contribution in [3.05, 3.63) is 57.9 Å². The van der Waals surface area contributed by atoms with E-state index in [2.05, 4.69) is 4.98 Å². The Morgan fingerprint density at radius 1 is 1.35 bits per heavy atom. The number of nitrogens with zero attached hydrogens (tertiary/aromatic N) is 2. The Kier molecular flexibility index (Phi) is 3.95. The van der Waals surface area contributed by atoms with Gasteiger partial charge in [-0.25, -0.2) is 0 Å². The molecule has 0 bridgehead atoms. The van der Waals surface area contributed by atoms with E-state index in [1.165, 1.54) is 12.1 Å². The number of nitro groups is 1. The fourth-order valence-electron chi connectivity index (χ4n) is 1.66. The molecule has 0 spiro atoms. The molecule has 0 amide bonds. The fourth-order valence-corrected chi connectivity index (χ4v) is 1.66. The van der Waals surface area contributed by atoms with Crippen LogP contribution in [-0.4, -0.2) is 9.91 Å². The summed E-state index contributed by atoms with van der Waals surface area (Å²) in [6, 6.07) is 7.85. The highest BCUT2D eigenvalue weighted by Crippen LogP contribution is 2.28. The van der Waals surface area contributed by atoms with E-state index in [0.717, 1.165) is 11.3 Å². The summed E-state index contributed by atoms with van der Waals surface area (Å²) in [7, 11) is 0. The van der Waals surface area contributed by atoms with Gasteiger partial charge in [0.25, 0.3) is 5.69 Å². The lowest BCUT2D eigenvalue weighted by molar-refractivity contribution is -0.384. The minimum atomic E-state index is -0.455. The van der Waals surface area contributed by atoms with E-state index in [1.54, 1.807) is 24.4 Å². The van der Waals surface area contributed by atoms with Crippen LogP contribution < -0.4 is 10.5 Å². The van der Waals surface area contributed by atoms with Crippen molar-refractivity contribution in [3.63, 3.8) is 0 Å². The average Bonchev–Trinajstić information content (AvgIpc) is 2.41. The summed E-state index contributed by atoms with van der Waals surface area (Å²) in [6.07, 6.45) is 1.55. The molecule has 6 heteroatoms. The molecule has 2 aromatic rings. The Morgan fingerprint density at radius 2 is 2.10 bits per heavy atom. The van der Waals surface area contributed by atoms with Crippen molar-refractivity contribution < 1.29 is 9.66 Å². The predicted molar refractivity (Wildman–Crippen MR) is 74.7 cm³/mol. The summed E-state index contributed by atoms with van der Waals surface area (Å²) < 4.78 is 5.63. The van der Waals surface area contributed by atoms with Gasteiger partial charge in [-0.15, -0.1) is 0 Å². The summed E-state index contributed by atoms with van der Waals surface area (Å²) in [5.41, 5.74) is 7.28. The number of non-ortho nitro benzene ring substituents is 1. The first-order valence-electron chi connectivity index (χ1n) is 6.12. The molecule has 0 aliphatic rings. The SMILES string of the molecule is Cc1ccc([N+](=O)[O-])cc1Oc1ccc(C(C)N)nc1. The Bertz CT molecular complexity index is 624. The van der Waals surface area contributed by atoms with E-state index in [9.17, 15) is 10.1 Å². The molecule has 2 rings (SSSR count). The normalized spacial score (nSPS) is 11.9. The van der Waals surface area contributed by atoms with Crippen LogP contribution in [0.1, 0.15) is 24.2 Å². The van der Waals surface area contributed by atoms with Gasteiger partial charge in [0.15, 0.2) is 0 Å². The number of nitrogens with two attached hydrogens (primary N) is 1. The molecule has 1 unspecified atom stereocenters. The Balaban J connectivity index is 2.25. The van der Waals surface area contributed by atoms with Crippen molar-refractivity contribution in [1.82, 2.24) is 4.98 Å². The van der Waals surface area contributed by atoms with Crippen LogP contribution in [0.4, 0.5) is 5.69 Å². The molecule has 104 valence electrons. The smallest absolute Gasteiger partial charge is 0.273 e. The summed E-state index contributed by atoms with van der Waals surface area (Å²) in [5.74, 6) is 0.951. The highest BCUT2D eigenvalue weighted by Gasteiger charge is 2.10. The second-order valence-electron chi connectivity index (χ2n) is 4.52. The molecule has 0 fully saturated rings. The molecule has 1 heterocycles. The zero-order valence-electron chi connectivity index (χ0n) is 11.2. The van der Waals surface area contributed by atoms with Gasteiger partial charge in [0.1, 0.15) is 11.5 Å². The lowest BCUT2D eigenvalue weighted by Crippen LogP contribution is -2.06. The molecule has 0 aliphatic carbocycles. The van der Waals surface area contributed by atoms with E-state index in [4.69, 9.17) is 10.5 Å². The van der Waals surface area contributed by atoms with Gasteiger partial charge in [0, 0.05) is 12.1 Å². The largest absolute Gasteiger partial charge is 0.455 e. The first-order chi connectivity index (χ1) is 9.47. The molecule has 0 saturated heterocycles. The molecular formula is C14H15N3O3. The average molecular weight is 273 g/mol. The van der Waals surface area contributed by atoms with Crippen molar-refractivity contribution in [1.29, 1.82) is 0 Å². The Labute approximate surface area is 116 Å². The van der Waals surface area contributed by atoms with Gasteiger partial charge >= 0.3 is 0 Å². The lowest BCUT2D eigenvalue weighted by atomic mass is 10.2. The van der Waals surface area contributed by atoms with Gasteiger partial charge in [0.2, 0.25) is 0 Å². The number of ether oxygens (including phenoxy) is 1. The maximum atomic E-state index is 10.8. The minimum Gasteiger partial charge on any atom is -0.455 e. The first kappa shape index (κ1) is 14.0. The quantitative estimate of drug-likeness (QED) is 0.682. The third-order valence-corrected chi connectivity index (χ3v) is 2.84. The van der Waals surface area contributed by atoms with Gasteiger partial charge in [-0.3, -0.25) is 15.1 Å². The van der Waals surface area contributed by atoms with E-state index in [0.29, 0.717) is 11.5 Å². The van der Waals surface area contributed by atoms with Gasteiger partial charge in [-0.2, -0.15) is 0 Å². The number of hydrogen-bond acceptors (Lipinski definition) is 5. The number of pyridine rings is 1. The summed E-state index contributed by atoms with van der Waals surface area (Å²) in [5, 5.41) is 10.8. The number of aromatic nitrogens is 1.